The first-order valence-corrected chi connectivity index (χ1v) is 16.6. The molecule has 0 spiro atoms. The Bertz CT molecular complexity index is 1950. The van der Waals surface area contributed by atoms with E-state index >= 15 is 0 Å². The molecule has 0 bridgehead atoms. The summed E-state index contributed by atoms with van der Waals surface area (Å²) in [4.78, 5) is 33.9. The summed E-state index contributed by atoms with van der Waals surface area (Å²) in [6.45, 7) is 5.82. The van der Waals surface area contributed by atoms with Gasteiger partial charge in [-0.1, -0.05) is 49.3 Å². The van der Waals surface area contributed by atoms with E-state index in [0.717, 1.165) is 89.6 Å². The van der Waals surface area contributed by atoms with Crippen LogP contribution in [0.2, 0.25) is 0 Å². The summed E-state index contributed by atoms with van der Waals surface area (Å²) in [7, 11) is 0. The number of nitrogens with zero attached hydrogens (tertiary/aromatic N) is 3. The molecule has 9 nitrogen and oxygen atoms in total. The standard InChI is InChI=1S/C38H43N5O4/c1-3-9-27-16-17-39-23-29(27)20-26(2)22-40-36(45)24-43-37(42-18-7-4-8-19-42)15-13-32(38(43)46)41-33(25-44)28-12-14-35-31(21-28)30-10-5-6-11-34(30)47-35/h5-6,10-17,20-21,23,33,41,44H,3-4,7-9,18-19,22,24-25H2,1-2H3,(H,40,45)/b26-20+/t33-/m1/s1. The van der Waals surface area contributed by atoms with Crippen LogP contribution in [0.25, 0.3) is 28.0 Å². The Morgan fingerprint density at radius 1 is 1.04 bits per heavy atom. The third-order valence-electron chi connectivity index (χ3n) is 8.88. The van der Waals surface area contributed by atoms with Crippen molar-refractivity contribution in [2.75, 3.05) is 36.5 Å². The number of pyridine rings is 2. The fraction of sp³-hybridized carbons (Fsp3) is 0.342. The molecule has 0 unspecified atom stereocenters. The molecule has 1 saturated heterocycles. The van der Waals surface area contributed by atoms with Crippen molar-refractivity contribution in [1.29, 1.82) is 0 Å². The van der Waals surface area contributed by atoms with E-state index in [4.69, 9.17) is 4.42 Å². The van der Waals surface area contributed by atoms with E-state index in [0.29, 0.717) is 12.2 Å². The lowest BCUT2D eigenvalue weighted by Gasteiger charge is -2.31. The number of furan rings is 1. The molecule has 3 N–H and O–H groups in total. The molecule has 9 heteroatoms. The molecule has 47 heavy (non-hydrogen) atoms. The Kier molecular flexibility index (Phi) is 10.0. The first-order chi connectivity index (χ1) is 22.9. The zero-order chi connectivity index (χ0) is 32.8. The third kappa shape index (κ3) is 7.25. The number of nitrogens with one attached hydrogen (secondary N) is 2. The molecule has 3 aromatic heterocycles. The highest BCUT2D eigenvalue weighted by Gasteiger charge is 2.21. The van der Waals surface area contributed by atoms with Gasteiger partial charge in [-0.2, -0.15) is 0 Å². The van der Waals surface area contributed by atoms with Gasteiger partial charge in [0.25, 0.3) is 5.56 Å². The highest BCUT2D eigenvalue weighted by atomic mass is 16.3. The first kappa shape index (κ1) is 32.1. The maximum absolute atomic E-state index is 14.1. The Morgan fingerprint density at radius 3 is 2.66 bits per heavy atom. The maximum Gasteiger partial charge on any atom is 0.275 e. The van der Waals surface area contributed by atoms with Crippen LogP contribution in [0.1, 0.15) is 62.3 Å². The van der Waals surface area contributed by atoms with Gasteiger partial charge in [0.1, 0.15) is 29.2 Å². The van der Waals surface area contributed by atoms with E-state index in [9.17, 15) is 14.7 Å². The number of hydrogen-bond donors (Lipinski definition) is 3. The molecule has 1 amide bonds. The number of carbonyl (C=O) groups is 1. The minimum atomic E-state index is -0.540. The van der Waals surface area contributed by atoms with Gasteiger partial charge in [0.15, 0.2) is 0 Å². The number of aryl methyl sites for hydroxylation is 1. The number of fused-ring (bicyclic) bond motifs is 3. The number of aliphatic hydroxyl groups excluding tert-OH is 1. The van der Waals surface area contributed by atoms with E-state index in [-0.39, 0.29) is 24.6 Å². The van der Waals surface area contributed by atoms with Gasteiger partial charge in [-0.3, -0.25) is 19.1 Å². The highest BCUT2D eigenvalue weighted by Crippen LogP contribution is 2.31. The number of para-hydroxylation sites is 1. The second-order valence-corrected chi connectivity index (χ2v) is 12.4. The van der Waals surface area contributed by atoms with Gasteiger partial charge >= 0.3 is 0 Å². The van der Waals surface area contributed by atoms with Crippen LogP contribution in [0.3, 0.4) is 0 Å². The van der Waals surface area contributed by atoms with Crippen LogP contribution in [0.15, 0.2) is 87.8 Å². The van der Waals surface area contributed by atoms with Gasteiger partial charge in [-0.15, -0.1) is 0 Å². The molecule has 0 saturated carbocycles. The molecule has 0 aliphatic carbocycles. The summed E-state index contributed by atoms with van der Waals surface area (Å²) in [6, 6.07) is 18.8. The van der Waals surface area contributed by atoms with Crippen molar-refractivity contribution in [2.45, 2.75) is 58.5 Å². The van der Waals surface area contributed by atoms with E-state index in [2.05, 4.69) is 33.5 Å². The number of rotatable bonds is 12. The lowest BCUT2D eigenvalue weighted by Crippen LogP contribution is -2.39. The summed E-state index contributed by atoms with van der Waals surface area (Å²) in [5, 5.41) is 18.7. The van der Waals surface area contributed by atoms with Crippen LogP contribution in [0.5, 0.6) is 0 Å². The fourth-order valence-electron chi connectivity index (χ4n) is 6.43. The van der Waals surface area contributed by atoms with Crippen molar-refractivity contribution in [3.8, 4) is 0 Å². The zero-order valence-corrected chi connectivity index (χ0v) is 27.2. The zero-order valence-electron chi connectivity index (χ0n) is 27.2. The van der Waals surface area contributed by atoms with E-state index in [1.807, 2.05) is 73.9 Å². The summed E-state index contributed by atoms with van der Waals surface area (Å²) < 4.78 is 7.54. The number of piperidine rings is 1. The molecule has 0 radical (unpaired) electrons. The molecule has 4 heterocycles. The van der Waals surface area contributed by atoms with E-state index in [1.165, 1.54) is 5.56 Å². The normalized spacial score (nSPS) is 14.4. The van der Waals surface area contributed by atoms with Gasteiger partial charge in [-0.05, 0) is 85.7 Å². The van der Waals surface area contributed by atoms with Gasteiger partial charge in [-0.25, -0.2) is 0 Å². The van der Waals surface area contributed by atoms with Crippen LogP contribution in [-0.4, -0.2) is 46.8 Å². The van der Waals surface area contributed by atoms with Crippen molar-refractivity contribution < 1.29 is 14.3 Å². The second-order valence-electron chi connectivity index (χ2n) is 12.4. The van der Waals surface area contributed by atoms with Gasteiger partial charge in [0.2, 0.25) is 5.91 Å². The van der Waals surface area contributed by atoms with Crippen LogP contribution in [-0.2, 0) is 17.8 Å². The molecule has 244 valence electrons. The van der Waals surface area contributed by atoms with Gasteiger partial charge < -0.3 is 25.1 Å². The fourth-order valence-corrected chi connectivity index (χ4v) is 6.43. The molecule has 2 aromatic carbocycles. The Labute approximate surface area is 274 Å². The lowest BCUT2D eigenvalue weighted by atomic mass is 10.0. The number of hydrogen-bond acceptors (Lipinski definition) is 7. The van der Waals surface area contributed by atoms with Crippen LogP contribution >= 0.6 is 0 Å². The van der Waals surface area contributed by atoms with E-state index in [1.54, 1.807) is 10.6 Å². The average molecular weight is 634 g/mol. The largest absolute Gasteiger partial charge is 0.456 e. The molecule has 1 fully saturated rings. The Balaban J connectivity index is 1.24. The number of amides is 1. The summed E-state index contributed by atoms with van der Waals surface area (Å²) in [5.74, 6) is 0.486. The van der Waals surface area contributed by atoms with Crippen molar-refractivity contribution >= 4 is 45.4 Å². The molecule has 1 atom stereocenters. The average Bonchev–Trinajstić information content (AvgIpc) is 3.47. The molecule has 6 rings (SSSR count). The predicted octanol–water partition coefficient (Wildman–Crippen LogP) is 6.45. The van der Waals surface area contributed by atoms with Crippen molar-refractivity contribution in [1.82, 2.24) is 14.9 Å². The van der Waals surface area contributed by atoms with E-state index < -0.39 is 6.04 Å². The van der Waals surface area contributed by atoms with Gasteiger partial charge in [0.05, 0.1) is 12.6 Å². The monoisotopic (exact) mass is 633 g/mol. The summed E-state index contributed by atoms with van der Waals surface area (Å²) >= 11 is 0. The number of carbonyl (C=O) groups excluding carboxylic acids is 1. The minimum absolute atomic E-state index is 0.113. The van der Waals surface area contributed by atoms with Crippen LogP contribution < -0.4 is 21.1 Å². The van der Waals surface area contributed by atoms with Gasteiger partial charge in [0, 0.05) is 42.8 Å². The molecular weight excluding hydrogens is 590 g/mol. The lowest BCUT2D eigenvalue weighted by molar-refractivity contribution is -0.121. The van der Waals surface area contributed by atoms with Crippen LogP contribution in [0, 0.1) is 0 Å². The van der Waals surface area contributed by atoms with Crippen molar-refractivity contribution in [2.24, 2.45) is 0 Å². The minimum Gasteiger partial charge on any atom is -0.456 e. The highest BCUT2D eigenvalue weighted by molar-refractivity contribution is 6.05. The van der Waals surface area contributed by atoms with Crippen molar-refractivity contribution in [3.05, 3.63) is 106 Å². The summed E-state index contributed by atoms with van der Waals surface area (Å²) in [6.07, 6.45) is 11.0. The molecule has 5 aromatic rings. The number of benzene rings is 2. The maximum atomic E-state index is 14.1. The third-order valence-corrected chi connectivity index (χ3v) is 8.88. The number of anilines is 2. The number of aromatic nitrogens is 2. The molecule has 1 aliphatic rings. The number of aliphatic hydroxyl groups is 1. The topological polar surface area (TPSA) is 113 Å². The van der Waals surface area contributed by atoms with Crippen LogP contribution in [0.4, 0.5) is 11.5 Å². The van der Waals surface area contributed by atoms with Crippen molar-refractivity contribution in [3.63, 3.8) is 0 Å². The Morgan fingerprint density at radius 2 is 1.85 bits per heavy atom. The smallest absolute Gasteiger partial charge is 0.275 e. The SMILES string of the molecule is CCCc1ccncc1/C=C(\C)CNC(=O)Cn1c(N2CCCCC2)ccc(N[C@H](CO)c2ccc3oc4ccccc4c3c2)c1=O. The molecule has 1 aliphatic heterocycles. The second kappa shape index (κ2) is 14.7. The quantitative estimate of drug-likeness (QED) is 0.145. The molecular formula is C38H43N5O4. The Hall–Kier alpha value is -4.89. The first-order valence-electron chi connectivity index (χ1n) is 16.6. The summed E-state index contributed by atoms with van der Waals surface area (Å²) in [5.41, 5.74) is 5.69. The predicted molar refractivity (Wildman–Crippen MR) is 189 cm³/mol.